The number of anilines is 1. The first kappa shape index (κ1) is 25.0. The smallest absolute Gasteiger partial charge is 0.341 e. The molecule has 2 fully saturated rings. The van der Waals surface area contributed by atoms with Crippen LogP contribution in [-0.2, 0) is 22.3 Å². The number of alkyl halides is 3. The van der Waals surface area contributed by atoms with Crippen molar-refractivity contribution in [2.24, 2.45) is 0 Å². The highest BCUT2D eigenvalue weighted by atomic mass is 19.4. The second kappa shape index (κ2) is 9.18. The zero-order valence-electron chi connectivity index (χ0n) is 19.2. The van der Waals surface area contributed by atoms with E-state index in [-0.39, 0.29) is 30.6 Å². The van der Waals surface area contributed by atoms with Crippen LogP contribution in [0.15, 0.2) is 42.5 Å². The Labute approximate surface area is 204 Å². The maximum absolute atomic E-state index is 14.8. The van der Waals surface area contributed by atoms with Gasteiger partial charge in [0.2, 0.25) is 5.91 Å². The molecule has 2 aliphatic rings. The lowest BCUT2D eigenvalue weighted by Gasteiger charge is -2.56. The predicted molar refractivity (Wildman–Crippen MR) is 122 cm³/mol. The van der Waals surface area contributed by atoms with Crippen molar-refractivity contribution in [3.05, 3.63) is 65.0 Å². The van der Waals surface area contributed by atoms with Gasteiger partial charge in [-0.15, -0.1) is 6.42 Å². The molecule has 1 saturated carbocycles. The number of terminal acetylenes is 1. The Balaban J connectivity index is 1.65. The summed E-state index contributed by atoms with van der Waals surface area (Å²) in [5.74, 6) is 0.481. The van der Waals surface area contributed by atoms with Gasteiger partial charge in [-0.1, -0.05) is 18.1 Å². The fourth-order valence-corrected chi connectivity index (χ4v) is 4.64. The van der Waals surface area contributed by atoms with Crippen molar-refractivity contribution in [1.29, 1.82) is 0 Å². The van der Waals surface area contributed by atoms with Gasteiger partial charge in [-0.3, -0.25) is 14.5 Å². The van der Waals surface area contributed by atoms with E-state index in [1.807, 2.05) is 0 Å². The van der Waals surface area contributed by atoms with Crippen LogP contribution < -0.4 is 15.5 Å². The average Bonchev–Trinajstić information content (AvgIpc) is 2.81. The first-order valence-corrected chi connectivity index (χ1v) is 11.0. The molecule has 1 aliphatic carbocycles. The Morgan fingerprint density at radius 2 is 1.83 bits per heavy atom. The molecule has 7 nitrogen and oxygen atoms in total. The highest BCUT2D eigenvalue weighted by Gasteiger charge is 2.60. The normalized spacial score (nSPS) is 21.7. The Kier molecular flexibility index (Phi) is 6.39. The van der Waals surface area contributed by atoms with Crippen molar-refractivity contribution in [2.75, 3.05) is 18.5 Å². The van der Waals surface area contributed by atoms with Gasteiger partial charge < -0.3 is 15.5 Å². The van der Waals surface area contributed by atoms with E-state index >= 15 is 0 Å². The highest BCUT2D eigenvalue weighted by Crippen LogP contribution is 2.44. The number of rotatable bonds is 4. The maximum Gasteiger partial charge on any atom is 0.416 e. The third-order valence-corrected chi connectivity index (χ3v) is 6.51. The zero-order valence-corrected chi connectivity index (χ0v) is 19.2. The standard InChI is InChI=1S/C25H22F4N4O3/c1-3-15-6-9-20(19(26)10-15)32-14-21(34)33(13-16-4-7-17(8-5-16)25(27,28)29)24(22(32)35)11-18(12-24)31-23(36)30-2/h1,4-10,18H,11-14H2,2H3,(H2,30,31,36). The number of amides is 4. The van der Waals surface area contributed by atoms with Crippen molar-refractivity contribution in [3.8, 4) is 12.3 Å². The minimum Gasteiger partial charge on any atom is -0.341 e. The minimum absolute atomic E-state index is 0.0617. The van der Waals surface area contributed by atoms with E-state index < -0.39 is 53.5 Å². The molecule has 0 radical (unpaired) electrons. The fraction of sp³-hybridized carbons (Fsp3) is 0.320. The summed E-state index contributed by atoms with van der Waals surface area (Å²) in [5.41, 5.74) is -1.68. The topological polar surface area (TPSA) is 81.8 Å². The molecule has 4 rings (SSSR count). The molecule has 11 heteroatoms. The van der Waals surface area contributed by atoms with Crippen LogP contribution in [0.2, 0.25) is 0 Å². The maximum atomic E-state index is 14.8. The van der Waals surface area contributed by atoms with Gasteiger partial charge in [-0.25, -0.2) is 9.18 Å². The van der Waals surface area contributed by atoms with E-state index in [1.165, 1.54) is 36.2 Å². The number of urea groups is 1. The molecule has 0 aromatic heterocycles. The minimum atomic E-state index is -4.51. The van der Waals surface area contributed by atoms with Crippen LogP contribution in [-0.4, -0.2) is 47.9 Å². The number of benzene rings is 2. The molecule has 188 valence electrons. The molecule has 1 spiro atoms. The van der Waals surface area contributed by atoms with Gasteiger partial charge in [0, 0.05) is 38.0 Å². The largest absolute Gasteiger partial charge is 0.416 e. The molecule has 0 atom stereocenters. The van der Waals surface area contributed by atoms with Crippen LogP contribution in [0.4, 0.5) is 28.0 Å². The summed E-state index contributed by atoms with van der Waals surface area (Å²) in [6, 6.07) is 7.27. The number of halogens is 4. The summed E-state index contributed by atoms with van der Waals surface area (Å²) in [6.07, 6.45) is 0.914. The molecule has 4 amide bonds. The van der Waals surface area contributed by atoms with E-state index in [0.717, 1.165) is 23.1 Å². The van der Waals surface area contributed by atoms with Gasteiger partial charge in [0.1, 0.15) is 17.9 Å². The van der Waals surface area contributed by atoms with Crippen LogP contribution >= 0.6 is 0 Å². The lowest BCUT2D eigenvalue weighted by molar-refractivity contribution is -0.159. The summed E-state index contributed by atoms with van der Waals surface area (Å²) >= 11 is 0. The van der Waals surface area contributed by atoms with Crippen LogP contribution in [0.25, 0.3) is 0 Å². The number of nitrogens with zero attached hydrogens (tertiary/aromatic N) is 2. The quantitative estimate of drug-likeness (QED) is 0.498. The van der Waals surface area contributed by atoms with Crippen molar-refractivity contribution >= 4 is 23.5 Å². The first-order valence-electron chi connectivity index (χ1n) is 11.0. The Morgan fingerprint density at radius 1 is 1.17 bits per heavy atom. The lowest BCUT2D eigenvalue weighted by Crippen LogP contribution is -2.75. The molecule has 1 heterocycles. The SMILES string of the molecule is C#Cc1ccc(N2CC(=O)N(Cc3ccc(C(F)(F)F)cc3)C3(CC(NC(=O)NC)C3)C2=O)c(F)c1. The second-order valence-corrected chi connectivity index (χ2v) is 8.74. The number of hydrogen-bond acceptors (Lipinski definition) is 3. The van der Waals surface area contributed by atoms with Gasteiger partial charge in [0.25, 0.3) is 5.91 Å². The predicted octanol–water partition coefficient (Wildman–Crippen LogP) is 3.03. The molecular formula is C25H22F4N4O3. The number of carbonyl (C=O) groups is 3. The molecule has 1 saturated heterocycles. The van der Waals surface area contributed by atoms with Crippen molar-refractivity contribution in [3.63, 3.8) is 0 Å². The summed E-state index contributed by atoms with van der Waals surface area (Å²) in [6.45, 7) is -0.581. The van der Waals surface area contributed by atoms with Crippen molar-refractivity contribution < 1.29 is 31.9 Å². The summed E-state index contributed by atoms with van der Waals surface area (Å²) < 4.78 is 53.6. The van der Waals surface area contributed by atoms with E-state index in [9.17, 15) is 31.9 Å². The Bertz CT molecular complexity index is 1250. The summed E-state index contributed by atoms with van der Waals surface area (Å²) in [4.78, 5) is 41.1. The molecule has 36 heavy (non-hydrogen) atoms. The van der Waals surface area contributed by atoms with E-state index in [0.29, 0.717) is 5.56 Å². The van der Waals surface area contributed by atoms with Gasteiger partial charge in [0.15, 0.2) is 0 Å². The molecule has 2 N–H and O–H groups in total. The van der Waals surface area contributed by atoms with Gasteiger partial charge in [-0.05, 0) is 35.9 Å². The lowest BCUT2D eigenvalue weighted by atomic mass is 9.68. The Morgan fingerprint density at radius 3 is 2.39 bits per heavy atom. The van der Waals surface area contributed by atoms with E-state index in [4.69, 9.17) is 6.42 Å². The van der Waals surface area contributed by atoms with Crippen molar-refractivity contribution in [2.45, 2.75) is 37.1 Å². The number of piperazine rings is 1. The van der Waals surface area contributed by atoms with Gasteiger partial charge in [-0.2, -0.15) is 13.2 Å². The second-order valence-electron chi connectivity index (χ2n) is 8.74. The molecule has 2 aromatic carbocycles. The van der Waals surface area contributed by atoms with Crippen LogP contribution in [0.3, 0.4) is 0 Å². The third kappa shape index (κ3) is 4.46. The van der Waals surface area contributed by atoms with Crippen molar-refractivity contribution in [1.82, 2.24) is 15.5 Å². The van der Waals surface area contributed by atoms with E-state index in [2.05, 4.69) is 16.6 Å². The monoisotopic (exact) mass is 502 g/mol. The number of hydrogen-bond donors (Lipinski definition) is 2. The Hall–Kier alpha value is -4.07. The van der Waals surface area contributed by atoms with E-state index in [1.54, 1.807) is 0 Å². The molecular weight excluding hydrogens is 480 g/mol. The third-order valence-electron chi connectivity index (χ3n) is 6.51. The average molecular weight is 502 g/mol. The van der Waals surface area contributed by atoms with Crippen LogP contribution in [0.5, 0.6) is 0 Å². The summed E-state index contributed by atoms with van der Waals surface area (Å²) in [5, 5.41) is 5.10. The first-order chi connectivity index (χ1) is 17.0. The zero-order chi connectivity index (χ0) is 26.3. The molecule has 0 unspecified atom stereocenters. The molecule has 0 bridgehead atoms. The van der Waals surface area contributed by atoms with Gasteiger partial charge in [0.05, 0.1) is 11.3 Å². The highest BCUT2D eigenvalue weighted by molar-refractivity contribution is 6.10. The summed E-state index contributed by atoms with van der Waals surface area (Å²) in [7, 11) is 1.43. The van der Waals surface area contributed by atoms with Gasteiger partial charge >= 0.3 is 12.2 Å². The molecule has 2 aromatic rings. The molecule has 1 aliphatic heterocycles. The van der Waals surface area contributed by atoms with Crippen LogP contribution in [0, 0.1) is 18.2 Å². The number of carbonyl (C=O) groups excluding carboxylic acids is 3. The number of nitrogens with one attached hydrogen (secondary N) is 2. The fourth-order valence-electron chi connectivity index (χ4n) is 4.64. The van der Waals surface area contributed by atoms with Crippen LogP contribution in [0.1, 0.15) is 29.5 Å².